The number of aromatic nitrogens is 1. The number of para-hydroxylation sites is 1. The van der Waals surface area contributed by atoms with Gasteiger partial charge in [0.15, 0.2) is 0 Å². The molecule has 0 aliphatic carbocycles. The molecule has 0 amide bonds. The van der Waals surface area contributed by atoms with Gasteiger partial charge >= 0.3 is 5.97 Å². The molecule has 154 valence electrons. The smallest absolute Gasteiger partial charge is 0.330 e. The summed E-state index contributed by atoms with van der Waals surface area (Å²) >= 11 is 1.58. The number of likely N-dealkylation sites (tertiary alicyclic amines) is 1. The monoisotopic (exact) mass is 415 g/mol. The van der Waals surface area contributed by atoms with Crippen LogP contribution in [0.15, 0.2) is 41.3 Å². The lowest BCUT2D eigenvalue weighted by atomic mass is 9.97. The van der Waals surface area contributed by atoms with Gasteiger partial charge in [-0.3, -0.25) is 15.0 Å². The number of nitro benzene ring substituents is 1. The number of nitrogens with zero attached hydrogens (tertiary/aromatic N) is 3. The van der Waals surface area contributed by atoms with E-state index in [1.54, 1.807) is 42.5 Å². The van der Waals surface area contributed by atoms with E-state index in [2.05, 4.69) is 4.90 Å². The van der Waals surface area contributed by atoms with E-state index in [4.69, 9.17) is 9.72 Å². The van der Waals surface area contributed by atoms with Crippen LogP contribution in [0.1, 0.15) is 37.6 Å². The number of ether oxygens (including phenoxy) is 1. The van der Waals surface area contributed by atoms with Crippen molar-refractivity contribution >= 4 is 23.0 Å². The largest absolute Gasteiger partial charge is 0.463 e. The highest BCUT2D eigenvalue weighted by atomic mass is 32.1. The Balaban J connectivity index is 1.60. The van der Waals surface area contributed by atoms with Gasteiger partial charge in [0.2, 0.25) is 0 Å². The van der Waals surface area contributed by atoms with Crippen LogP contribution < -0.4 is 0 Å². The number of piperidine rings is 1. The molecule has 1 saturated heterocycles. The topological polar surface area (TPSA) is 85.6 Å². The third kappa shape index (κ3) is 5.48. The molecule has 7 nitrogen and oxygen atoms in total. The van der Waals surface area contributed by atoms with Crippen molar-refractivity contribution in [3.05, 3.63) is 56.4 Å². The van der Waals surface area contributed by atoms with Crippen molar-refractivity contribution in [2.75, 3.05) is 26.2 Å². The van der Waals surface area contributed by atoms with Crippen LogP contribution in [0.2, 0.25) is 0 Å². The van der Waals surface area contributed by atoms with Crippen LogP contribution in [0, 0.1) is 10.1 Å². The van der Waals surface area contributed by atoms with Crippen molar-refractivity contribution in [2.24, 2.45) is 0 Å². The number of rotatable bonds is 7. The van der Waals surface area contributed by atoms with Crippen LogP contribution in [-0.4, -0.2) is 47.0 Å². The van der Waals surface area contributed by atoms with Gasteiger partial charge < -0.3 is 4.74 Å². The summed E-state index contributed by atoms with van der Waals surface area (Å²) < 4.78 is 4.96. The fourth-order valence-corrected chi connectivity index (χ4v) is 4.56. The molecular formula is C21H25N3O4S. The average molecular weight is 416 g/mol. The van der Waals surface area contributed by atoms with Crippen molar-refractivity contribution in [1.29, 1.82) is 0 Å². The number of thiazole rings is 1. The maximum atomic E-state index is 11.6. The predicted molar refractivity (Wildman–Crippen MR) is 113 cm³/mol. The van der Waals surface area contributed by atoms with E-state index in [1.807, 2.05) is 12.3 Å². The van der Waals surface area contributed by atoms with Crippen molar-refractivity contribution in [2.45, 2.75) is 32.6 Å². The maximum Gasteiger partial charge on any atom is 0.330 e. The highest BCUT2D eigenvalue weighted by molar-refractivity contribution is 7.10. The van der Waals surface area contributed by atoms with Crippen molar-refractivity contribution in [1.82, 2.24) is 9.88 Å². The van der Waals surface area contributed by atoms with E-state index in [0.29, 0.717) is 23.8 Å². The maximum absolute atomic E-state index is 11.6. The summed E-state index contributed by atoms with van der Waals surface area (Å²) in [7, 11) is 0. The summed E-state index contributed by atoms with van der Waals surface area (Å²) in [6.45, 7) is 6.74. The molecule has 29 heavy (non-hydrogen) atoms. The lowest BCUT2D eigenvalue weighted by Gasteiger charge is -2.31. The lowest BCUT2D eigenvalue weighted by molar-refractivity contribution is -0.384. The molecule has 1 aliphatic heterocycles. The zero-order valence-corrected chi connectivity index (χ0v) is 17.5. The lowest BCUT2D eigenvalue weighted by Crippen LogP contribution is -2.34. The third-order valence-corrected chi connectivity index (χ3v) is 5.97. The molecule has 2 heterocycles. The summed E-state index contributed by atoms with van der Waals surface area (Å²) in [6, 6.07) is 6.73. The molecule has 0 unspecified atom stereocenters. The Bertz CT molecular complexity index is 901. The van der Waals surface area contributed by atoms with E-state index in [1.165, 1.54) is 6.07 Å². The van der Waals surface area contributed by atoms with E-state index in [-0.39, 0.29) is 16.6 Å². The van der Waals surface area contributed by atoms with E-state index in [9.17, 15) is 14.9 Å². The SMILES string of the molecule is CCOC(=O)C=C(C)CN1CCC(c2nc(-c3ccccc3[N+](=O)[O-])cs2)CC1. The number of hydrogen-bond donors (Lipinski definition) is 0. The first-order valence-electron chi connectivity index (χ1n) is 9.73. The first kappa shape index (κ1) is 21.1. The second kappa shape index (κ2) is 9.76. The van der Waals surface area contributed by atoms with Gasteiger partial charge in [-0.1, -0.05) is 17.7 Å². The van der Waals surface area contributed by atoms with Gasteiger partial charge in [0, 0.05) is 30.0 Å². The number of hydrogen-bond acceptors (Lipinski definition) is 7. The molecule has 0 spiro atoms. The molecule has 1 aromatic carbocycles. The molecule has 0 atom stereocenters. The second-order valence-electron chi connectivity index (χ2n) is 7.14. The number of benzene rings is 1. The normalized spacial score (nSPS) is 16.0. The summed E-state index contributed by atoms with van der Waals surface area (Å²) in [5, 5.41) is 14.2. The average Bonchev–Trinajstić information content (AvgIpc) is 3.18. The Kier molecular flexibility index (Phi) is 7.11. The quantitative estimate of drug-likeness (QED) is 0.288. The molecule has 1 aromatic heterocycles. The predicted octanol–water partition coefficient (Wildman–Crippen LogP) is 4.41. The zero-order chi connectivity index (χ0) is 20.8. The van der Waals surface area contributed by atoms with Gasteiger partial charge in [0.05, 0.1) is 27.8 Å². The van der Waals surface area contributed by atoms with E-state index < -0.39 is 0 Å². The fraction of sp³-hybridized carbons (Fsp3) is 0.429. The van der Waals surface area contributed by atoms with E-state index in [0.717, 1.165) is 43.1 Å². The first-order chi connectivity index (χ1) is 14.0. The summed E-state index contributed by atoms with van der Waals surface area (Å²) in [5.74, 6) is 0.0762. The van der Waals surface area contributed by atoms with Gasteiger partial charge in [-0.15, -0.1) is 11.3 Å². The van der Waals surface area contributed by atoms with Crippen molar-refractivity contribution in [3.63, 3.8) is 0 Å². The minimum atomic E-state index is -0.362. The van der Waals surface area contributed by atoms with Crippen LogP contribution >= 0.6 is 11.3 Å². The Labute approximate surface area is 174 Å². The molecule has 0 saturated carbocycles. The number of esters is 1. The molecule has 1 aliphatic rings. The van der Waals surface area contributed by atoms with E-state index >= 15 is 0 Å². The molecular weight excluding hydrogens is 390 g/mol. The van der Waals surface area contributed by atoms with Gasteiger partial charge in [0.25, 0.3) is 5.69 Å². The number of carbonyl (C=O) groups is 1. The molecule has 8 heteroatoms. The summed E-state index contributed by atoms with van der Waals surface area (Å²) in [5.41, 5.74) is 2.32. The van der Waals surface area contributed by atoms with Crippen LogP contribution in [0.4, 0.5) is 5.69 Å². The van der Waals surface area contributed by atoms with Crippen LogP contribution in [0.3, 0.4) is 0 Å². The Hall–Kier alpha value is -2.58. The zero-order valence-electron chi connectivity index (χ0n) is 16.7. The van der Waals surface area contributed by atoms with Gasteiger partial charge in [0.1, 0.15) is 0 Å². The summed E-state index contributed by atoms with van der Waals surface area (Å²) in [6.07, 6.45) is 3.53. The molecule has 0 bridgehead atoms. The Morgan fingerprint density at radius 3 is 2.79 bits per heavy atom. The summed E-state index contributed by atoms with van der Waals surface area (Å²) in [4.78, 5) is 29.5. The third-order valence-electron chi connectivity index (χ3n) is 4.96. The van der Waals surface area contributed by atoms with Gasteiger partial charge in [-0.2, -0.15) is 0 Å². The van der Waals surface area contributed by atoms with Crippen molar-refractivity contribution in [3.8, 4) is 11.3 Å². The van der Waals surface area contributed by atoms with Crippen LogP contribution in [0.5, 0.6) is 0 Å². The molecule has 0 N–H and O–H groups in total. The molecule has 0 radical (unpaired) electrons. The molecule has 3 rings (SSSR count). The standard InChI is InChI=1S/C21H25N3O4S/c1-3-28-20(25)12-15(2)13-23-10-8-16(9-11-23)21-22-18(14-29-21)17-6-4-5-7-19(17)24(26)27/h4-7,12,14,16H,3,8-11,13H2,1-2H3. The van der Waals surface area contributed by atoms with Crippen molar-refractivity contribution < 1.29 is 14.5 Å². The molecule has 1 fully saturated rings. The Morgan fingerprint density at radius 2 is 2.10 bits per heavy atom. The highest BCUT2D eigenvalue weighted by Crippen LogP contribution is 2.35. The first-order valence-corrected chi connectivity index (χ1v) is 10.6. The fourth-order valence-electron chi connectivity index (χ4n) is 3.57. The highest BCUT2D eigenvalue weighted by Gasteiger charge is 2.24. The van der Waals surface area contributed by atoms with Crippen LogP contribution in [-0.2, 0) is 9.53 Å². The van der Waals surface area contributed by atoms with Gasteiger partial charge in [-0.05, 0) is 45.8 Å². The Morgan fingerprint density at radius 1 is 1.38 bits per heavy atom. The number of nitro groups is 1. The van der Waals surface area contributed by atoms with Gasteiger partial charge in [-0.25, -0.2) is 9.78 Å². The molecule has 2 aromatic rings. The minimum absolute atomic E-state index is 0.0861. The second-order valence-corrected chi connectivity index (χ2v) is 8.03. The number of carbonyl (C=O) groups excluding carboxylic acids is 1. The minimum Gasteiger partial charge on any atom is -0.463 e. The van der Waals surface area contributed by atoms with Crippen LogP contribution in [0.25, 0.3) is 11.3 Å².